The van der Waals surface area contributed by atoms with Crippen molar-refractivity contribution in [2.24, 2.45) is 4.99 Å². The van der Waals surface area contributed by atoms with Gasteiger partial charge in [0.1, 0.15) is 6.17 Å². The molecule has 2 aliphatic rings. The minimum Gasteiger partial charge on any atom is -0.333 e. The van der Waals surface area contributed by atoms with Crippen LogP contribution in [0.3, 0.4) is 0 Å². The summed E-state index contributed by atoms with van der Waals surface area (Å²) in [5.41, 5.74) is 0.896. The van der Waals surface area contributed by atoms with Gasteiger partial charge in [0.15, 0.2) is 12.0 Å². The third-order valence-corrected chi connectivity index (χ3v) is 4.40. The third-order valence-electron chi connectivity index (χ3n) is 4.03. The fourth-order valence-electron chi connectivity index (χ4n) is 2.85. The Morgan fingerprint density at radius 3 is 2.74 bits per heavy atom. The molecular formula is C15H18ClN5O2. The van der Waals surface area contributed by atoms with Crippen LogP contribution in [0, 0.1) is 0 Å². The molecule has 2 aliphatic heterocycles. The van der Waals surface area contributed by atoms with Gasteiger partial charge >= 0.3 is 6.03 Å². The SMILES string of the molecule is CCN=C1NC2C(C(=O)NC(=O)N2C)N1Cc1ccccc1Cl. The van der Waals surface area contributed by atoms with Gasteiger partial charge in [0, 0.05) is 25.2 Å². The normalized spacial score (nSPS) is 25.4. The zero-order chi connectivity index (χ0) is 16.6. The topological polar surface area (TPSA) is 77.0 Å². The molecule has 7 nitrogen and oxygen atoms in total. The largest absolute Gasteiger partial charge is 0.333 e. The number of urea groups is 1. The van der Waals surface area contributed by atoms with E-state index in [0.717, 1.165) is 5.56 Å². The van der Waals surface area contributed by atoms with Gasteiger partial charge < -0.3 is 15.1 Å². The highest BCUT2D eigenvalue weighted by Gasteiger charge is 2.49. The number of amides is 3. The van der Waals surface area contributed by atoms with Crippen LogP contribution >= 0.6 is 11.6 Å². The molecular weight excluding hydrogens is 318 g/mol. The Morgan fingerprint density at radius 1 is 1.30 bits per heavy atom. The second kappa shape index (κ2) is 6.08. The lowest BCUT2D eigenvalue weighted by Gasteiger charge is -2.35. The van der Waals surface area contributed by atoms with Crippen LogP contribution in [0.15, 0.2) is 29.3 Å². The number of hydrogen-bond donors (Lipinski definition) is 2. The lowest BCUT2D eigenvalue weighted by atomic mass is 10.1. The van der Waals surface area contributed by atoms with Crippen molar-refractivity contribution in [1.29, 1.82) is 0 Å². The zero-order valence-corrected chi connectivity index (χ0v) is 13.7. The molecule has 0 saturated carbocycles. The highest BCUT2D eigenvalue weighted by molar-refractivity contribution is 6.31. The number of nitrogens with zero attached hydrogens (tertiary/aromatic N) is 3. The second-order valence-corrected chi connectivity index (χ2v) is 5.86. The predicted octanol–water partition coefficient (Wildman–Crippen LogP) is 0.997. The molecule has 1 aromatic rings. The van der Waals surface area contributed by atoms with Crippen molar-refractivity contribution in [3.63, 3.8) is 0 Å². The minimum atomic E-state index is -0.542. The van der Waals surface area contributed by atoms with Crippen molar-refractivity contribution in [2.45, 2.75) is 25.7 Å². The number of likely N-dealkylation sites (N-methyl/N-ethyl adjacent to an activating group) is 1. The number of aliphatic imine (C=N–C) groups is 1. The average molecular weight is 336 g/mol. The highest BCUT2D eigenvalue weighted by Crippen LogP contribution is 2.25. The molecule has 2 saturated heterocycles. The molecule has 2 fully saturated rings. The quantitative estimate of drug-likeness (QED) is 0.864. The van der Waals surface area contributed by atoms with E-state index < -0.39 is 18.2 Å². The summed E-state index contributed by atoms with van der Waals surface area (Å²) in [5, 5.41) is 6.18. The third kappa shape index (κ3) is 2.72. The molecule has 3 rings (SSSR count). The molecule has 2 N–H and O–H groups in total. The van der Waals surface area contributed by atoms with E-state index in [1.165, 1.54) is 4.90 Å². The van der Waals surface area contributed by atoms with Gasteiger partial charge in [-0.2, -0.15) is 0 Å². The summed E-state index contributed by atoms with van der Waals surface area (Å²) in [5.74, 6) is 0.262. The maximum Gasteiger partial charge on any atom is 0.325 e. The maximum atomic E-state index is 12.3. The van der Waals surface area contributed by atoms with E-state index in [1.807, 2.05) is 36.1 Å². The van der Waals surface area contributed by atoms with Crippen LogP contribution in [-0.4, -0.2) is 53.5 Å². The van der Waals surface area contributed by atoms with Gasteiger partial charge in [0.05, 0.1) is 0 Å². The molecule has 0 aromatic heterocycles. The number of halogens is 1. The van der Waals surface area contributed by atoms with E-state index in [0.29, 0.717) is 24.1 Å². The Labute approximate surface area is 139 Å². The van der Waals surface area contributed by atoms with Gasteiger partial charge in [-0.1, -0.05) is 29.8 Å². The molecule has 3 amide bonds. The van der Waals surface area contributed by atoms with Crippen LogP contribution < -0.4 is 10.6 Å². The van der Waals surface area contributed by atoms with Gasteiger partial charge in [0.25, 0.3) is 5.91 Å². The summed E-state index contributed by atoms with van der Waals surface area (Å²) in [6, 6.07) is 6.52. The first-order valence-corrected chi connectivity index (χ1v) is 7.79. The second-order valence-electron chi connectivity index (χ2n) is 5.46. The fraction of sp³-hybridized carbons (Fsp3) is 0.400. The molecule has 8 heteroatoms. The lowest BCUT2D eigenvalue weighted by molar-refractivity contribution is -0.127. The number of nitrogens with one attached hydrogen (secondary N) is 2. The van der Waals surface area contributed by atoms with E-state index >= 15 is 0 Å². The number of hydrogen-bond acceptors (Lipinski definition) is 3. The minimum absolute atomic E-state index is 0.334. The van der Waals surface area contributed by atoms with Gasteiger partial charge in [-0.25, -0.2) is 4.79 Å². The first-order chi connectivity index (χ1) is 11.0. The summed E-state index contributed by atoms with van der Waals surface area (Å²) in [6.45, 7) is 2.92. The van der Waals surface area contributed by atoms with Crippen LogP contribution in [-0.2, 0) is 11.3 Å². The van der Waals surface area contributed by atoms with E-state index in [4.69, 9.17) is 11.6 Å². The summed E-state index contributed by atoms with van der Waals surface area (Å²) in [4.78, 5) is 31.9. The predicted molar refractivity (Wildman–Crippen MR) is 87.0 cm³/mol. The zero-order valence-electron chi connectivity index (χ0n) is 12.9. The van der Waals surface area contributed by atoms with Crippen molar-refractivity contribution in [3.05, 3.63) is 34.9 Å². The average Bonchev–Trinajstić information content (AvgIpc) is 2.87. The van der Waals surface area contributed by atoms with E-state index in [2.05, 4.69) is 15.6 Å². The lowest BCUT2D eigenvalue weighted by Crippen LogP contribution is -2.64. The standard InChI is InChI=1S/C15H18ClN5O2/c1-3-17-14-18-12-11(13(22)19-15(23)20(12)2)21(14)8-9-6-4-5-7-10(9)16/h4-7,11-12H,3,8H2,1-2H3,(H,17,18)(H,19,22,23). The molecule has 2 heterocycles. The number of imide groups is 1. The molecule has 1 aromatic carbocycles. The fourth-order valence-corrected chi connectivity index (χ4v) is 3.05. The van der Waals surface area contributed by atoms with Crippen LogP contribution in [0.4, 0.5) is 4.79 Å². The van der Waals surface area contributed by atoms with Crippen molar-refractivity contribution in [1.82, 2.24) is 20.4 Å². The molecule has 2 atom stereocenters. The molecule has 2 unspecified atom stereocenters. The van der Waals surface area contributed by atoms with Gasteiger partial charge in [0.2, 0.25) is 0 Å². The van der Waals surface area contributed by atoms with Crippen LogP contribution in [0.2, 0.25) is 5.02 Å². The molecule has 122 valence electrons. The molecule has 0 spiro atoms. The van der Waals surface area contributed by atoms with Crippen molar-refractivity contribution in [2.75, 3.05) is 13.6 Å². The monoisotopic (exact) mass is 335 g/mol. The summed E-state index contributed by atoms with van der Waals surface area (Å²) in [7, 11) is 1.65. The Kier molecular flexibility index (Phi) is 4.12. The van der Waals surface area contributed by atoms with Crippen LogP contribution in [0.1, 0.15) is 12.5 Å². The molecule has 0 radical (unpaired) electrons. The Balaban J connectivity index is 1.95. The van der Waals surface area contributed by atoms with Gasteiger partial charge in [-0.15, -0.1) is 0 Å². The van der Waals surface area contributed by atoms with Gasteiger partial charge in [-0.05, 0) is 18.6 Å². The number of carbonyl (C=O) groups is 2. The number of carbonyl (C=O) groups excluding carboxylic acids is 2. The van der Waals surface area contributed by atoms with E-state index in [-0.39, 0.29) is 5.91 Å². The van der Waals surface area contributed by atoms with E-state index in [9.17, 15) is 9.59 Å². The summed E-state index contributed by atoms with van der Waals surface area (Å²) in [6.07, 6.45) is -0.441. The Morgan fingerprint density at radius 2 is 2.04 bits per heavy atom. The molecule has 0 bridgehead atoms. The van der Waals surface area contributed by atoms with Crippen molar-refractivity contribution < 1.29 is 9.59 Å². The van der Waals surface area contributed by atoms with Gasteiger partial charge in [-0.3, -0.25) is 15.1 Å². The first kappa shape index (κ1) is 15.6. The number of fused-ring (bicyclic) bond motifs is 1. The number of guanidine groups is 1. The van der Waals surface area contributed by atoms with Crippen LogP contribution in [0.5, 0.6) is 0 Å². The molecule has 0 aliphatic carbocycles. The Bertz CT molecular complexity index is 678. The van der Waals surface area contributed by atoms with E-state index in [1.54, 1.807) is 7.05 Å². The van der Waals surface area contributed by atoms with Crippen molar-refractivity contribution >= 4 is 29.5 Å². The Hall–Kier alpha value is -2.28. The molecule has 23 heavy (non-hydrogen) atoms. The van der Waals surface area contributed by atoms with Crippen molar-refractivity contribution in [3.8, 4) is 0 Å². The maximum absolute atomic E-state index is 12.3. The smallest absolute Gasteiger partial charge is 0.325 e. The number of benzene rings is 1. The highest BCUT2D eigenvalue weighted by atomic mass is 35.5. The summed E-state index contributed by atoms with van der Waals surface area (Å²) < 4.78 is 0. The first-order valence-electron chi connectivity index (χ1n) is 7.41. The van der Waals surface area contributed by atoms with Crippen LogP contribution in [0.25, 0.3) is 0 Å². The number of rotatable bonds is 3. The summed E-state index contributed by atoms with van der Waals surface area (Å²) >= 11 is 6.24.